The molecule has 0 fully saturated rings. The summed E-state index contributed by atoms with van der Waals surface area (Å²) >= 11 is 11.7. The Hall–Kier alpha value is -1.32. The molecule has 0 bridgehead atoms. The van der Waals surface area contributed by atoms with Gasteiger partial charge in [-0.2, -0.15) is 0 Å². The number of carboxylic acid groups (broad SMARTS) is 1. The van der Waals surface area contributed by atoms with Crippen molar-refractivity contribution in [1.29, 1.82) is 0 Å². The van der Waals surface area contributed by atoms with E-state index in [4.69, 9.17) is 28.3 Å². The Kier molecular flexibility index (Phi) is 2.50. The normalized spacial score (nSPS) is 10.5. The monoisotopic (exact) mass is 241 g/mol. The van der Waals surface area contributed by atoms with Gasteiger partial charge >= 0.3 is 5.97 Å². The standard InChI is InChI=1S/C10H5Cl2NO2/c11-5-3-7(12)6-1-2-8(10(14)15)13-9(6)4-5/h1-4H,(H,14,15). The van der Waals surface area contributed by atoms with Crippen molar-refractivity contribution in [3.8, 4) is 0 Å². The van der Waals surface area contributed by atoms with Gasteiger partial charge in [0.2, 0.25) is 0 Å². The largest absolute Gasteiger partial charge is 0.477 e. The maximum absolute atomic E-state index is 10.7. The number of carboxylic acids is 1. The first-order chi connectivity index (χ1) is 7.08. The van der Waals surface area contributed by atoms with Crippen molar-refractivity contribution >= 4 is 40.1 Å². The number of benzene rings is 1. The second kappa shape index (κ2) is 3.68. The van der Waals surface area contributed by atoms with Crippen LogP contribution in [0.2, 0.25) is 10.0 Å². The van der Waals surface area contributed by atoms with Crippen molar-refractivity contribution in [2.75, 3.05) is 0 Å². The lowest BCUT2D eigenvalue weighted by Gasteiger charge is -2.01. The minimum atomic E-state index is -1.08. The molecule has 2 rings (SSSR count). The molecular formula is C10H5Cl2NO2. The second-order valence-corrected chi connectivity index (χ2v) is 3.80. The van der Waals surface area contributed by atoms with Gasteiger partial charge in [-0.1, -0.05) is 23.2 Å². The highest BCUT2D eigenvalue weighted by Crippen LogP contribution is 2.26. The number of rotatable bonds is 1. The molecule has 5 heteroatoms. The first kappa shape index (κ1) is 10.2. The maximum Gasteiger partial charge on any atom is 0.354 e. The van der Waals surface area contributed by atoms with Crippen LogP contribution in [-0.2, 0) is 0 Å². The van der Waals surface area contributed by atoms with Gasteiger partial charge < -0.3 is 5.11 Å². The molecule has 2 aromatic rings. The molecule has 0 saturated heterocycles. The molecule has 0 spiro atoms. The number of pyridine rings is 1. The Morgan fingerprint density at radius 3 is 2.67 bits per heavy atom. The summed E-state index contributed by atoms with van der Waals surface area (Å²) in [6.45, 7) is 0. The molecule has 1 aromatic carbocycles. The highest BCUT2D eigenvalue weighted by molar-refractivity contribution is 6.38. The molecule has 15 heavy (non-hydrogen) atoms. The summed E-state index contributed by atoms with van der Waals surface area (Å²) in [5.74, 6) is -1.08. The van der Waals surface area contributed by atoms with Crippen molar-refractivity contribution in [3.05, 3.63) is 40.0 Å². The van der Waals surface area contributed by atoms with Crippen LogP contribution in [0.3, 0.4) is 0 Å². The van der Waals surface area contributed by atoms with E-state index < -0.39 is 5.97 Å². The van der Waals surface area contributed by atoms with E-state index in [2.05, 4.69) is 4.98 Å². The number of aromatic carboxylic acids is 1. The van der Waals surface area contributed by atoms with Crippen LogP contribution in [0.1, 0.15) is 10.5 Å². The molecule has 1 N–H and O–H groups in total. The summed E-state index contributed by atoms with van der Waals surface area (Å²) in [6, 6.07) is 6.19. The molecule has 3 nitrogen and oxygen atoms in total. The van der Waals surface area contributed by atoms with Gasteiger partial charge in [0.1, 0.15) is 5.69 Å². The average molecular weight is 242 g/mol. The Labute approximate surface area is 95.3 Å². The predicted molar refractivity (Wildman–Crippen MR) is 58.7 cm³/mol. The summed E-state index contributed by atoms with van der Waals surface area (Å²) in [5, 5.41) is 10.3. The molecule has 0 saturated carbocycles. The van der Waals surface area contributed by atoms with E-state index in [1.54, 1.807) is 18.2 Å². The van der Waals surface area contributed by atoms with Crippen molar-refractivity contribution in [3.63, 3.8) is 0 Å². The summed E-state index contributed by atoms with van der Waals surface area (Å²) in [4.78, 5) is 14.6. The molecule has 0 radical (unpaired) electrons. The van der Waals surface area contributed by atoms with E-state index in [1.165, 1.54) is 6.07 Å². The third-order valence-corrected chi connectivity index (χ3v) is 2.47. The van der Waals surface area contributed by atoms with Gasteiger partial charge in [0.15, 0.2) is 0 Å². The highest BCUT2D eigenvalue weighted by atomic mass is 35.5. The van der Waals surface area contributed by atoms with E-state index in [0.717, 1.165) is 0 Å². The van der Waals surface area contributed by atoms with Crippen LogP contribution in [0.15, 0.2) is 24.3 Å². The molecule has 1 aromatic heterocycles. The smallest absolute Gasteiger partial charge is 0.354 e. The van der Waals surface area contributed by atoms with Gasteiger partial charge in [-0.25, -0.2) is 9.78 Å². The Bertz CT molecular complexity index is 554. The fourth-order valence-corrected chi connectivity index (χ4v) is 1.82. The third-order valence-electron chi connectivity index (χ3n) is 1.94. The Morgan fingerprint density at radius 1 is 1.27 bits per heavy atom. The molecule has 0 aliphatic heterocycles. The van der Waals surface area contributed by atoms with Gasteiger partial charge in [-0.3, -0.25) is 0 Å². The highest BCUT2D eigenvalue weighted by Gasteiger charge is 2.08. The van der Waals surface area contributed by atoms with E-state index in [1.807, 2.05) is 0 Å². The van der Waals surface area contributed by atoms with E-state index >= 15 is 0 Å². The molecular weight excluding hydrogens is 237 g/mol. The van der Waals surface area contributed by atoms with E-state index in [9.17, 15) is 4.79 Å². The van der Waals surface area contributed by atoms with Crippen molar-refractivity contribution in [2.45, 2.75) is 0 Å². The summed E-state index contributed by atoms with van der Waals surface area (Å²) in [6.07, 6.45) is 0. The summed E-state index contributed by atoms with van der Waals surface area (Å²) in [5.41, 5.74) is 0.452. The molecule has 0 unspecified atom stereocenters. The average Bonchev–Trinajstić information content (AvgIpc) is 2.16. The maximum atomic E-state index is 10.7. The van der Waals surface area contributed by atoms with Crippen molar-refractivity contribution < 1.29 is 9.90 Å². The first-order valence-corrected chi connectivity index (χ1v) is 4.82. The fourth-order valence-electron chi connectivity index (χ4n) is 1.28. The zero-order chi connectivity index (χ0) is 11.0. The van der Waals surface area contributed by atoms with Crippen LogP contribution < -0.4 is 0 Å². The number of nitrogens with zero attached hydrogens (tertiary/aromatic N) is 1. The topological polar surface area (TPSA) is 50.2 Å². The zero-order valence-electron chi connectivity index (χ0n) is 7.37. The van der Waals surface area contributed by atoms with Gasteiger partial charge in [0, 0.05) is 10.4 Å². The number of hydrogen-bond acceptors (Lipinski definition) is 2. The van der Waals surface area contributed by atoms with Crippen LogP contribution >= 0.6 is 23.2 Å². The molecule has 0 amide bonds. The molecule has 0 aliphatic rings. The van der Waals surface area contributed by atoms with Gasteiger partial charge in [0.05, 0.1) is 10.5 Å². The number of halogens is 2. The quantitative estimate of drug-likeness (QED) is 0.834. The number of hydrogen-bond donors (Lipinski definition) is 1. The number of carbonyl (C=O) groups is 1. The molecule has 76 valence electrons. The minimum Gasteiger partial charge on any atom is -0.477 e. The first-order valence-electron chi connectivity index (χ1n) is 4.07. The minimum absolute atomic E-state index is 0.0270. The Morgan fingerprint density at radius 2 is 2.00 bits per heavy atom. The fraction of sp³-hybridized carbons (Fsp3) is 0. The van der Waals surface area contributed by atoms with Gasteiger partial charge in [-0.15, -0.1) is 0 Å². The van der Waals surface area contributed by atoms with Crippen LogP contribution in [0.5, 0.6) is 0 Å². The van der Waals surface area contributed by atoms with E-state index in [0.29, 0.717) is 20.9 Å². The number of aromatic nitrogens is 1. The van der Waals surface area contributed by atoms with Crippen molar-refractivity contribution in [2.24, 2.45) is 0 Å². The number of fused-ring (bicyclic) bond motifs is 1. The van der Waals surface area contributed by atoms with Crippen LogP contribution in [-0.4, -0.2) is 16.1 Å². The van der Waals surface area contributed by atoms with Gasteiger partial charge in [0.25, 0.3) is 0 Å². The summed E-state index contributed by atoms with van der Waals surface area (Å²) < 4.78 is 0. The zero-order valence-corrected chi connectivity index (χ0v) is 8.88. The van der Waals surface area contributed by atoms with Crippen molar-refractivity contribution in [1.82, 2.24) is 4.98 Å². The predicted octanol–water partition coefficient (Wildman–Crippen LogP) is 3.24. The SMILES string of the molecule is O=C(O)c1ccc2c(Cl)cc(Cl)cc2n1. The van der Waals surface area contributed by atoms with Crippen LogP contribution in [0, 0.1) is 0 Å². The Balaban J connectivity index is 2.76. The van der Waals surface area contributed by atoms with Gasteiger partial charge in [-0.05, 0) is 24.3 Å². The van der Waals surface area contributed by atoms with Crippen LogP contribution in [0.25, 0.3) is 10.9 Å². The lowest BCUT2D eigenvalue weighted by atomic mass is 10.2. The van der Waals surface area contributed by atoms with Crippen LogP contribution in [0.4, 0.5) is 0 Å². The lowest BCUT2D eigenvalue weighted by molar-refractivity contribution is 0.0691. The lowest BCUT2D eigenvalue weighted by Crippen LogP contribution is -1.99. The van der Waals surface area contributed by atoms with E-state index in [-0.39, 0.29) is 5.69 Å². The third kappa shape index (κ3) is 1.89. The summed E-state index contributed by atoms with van der Waals surface area (Å²) in [7, 11) is 0. The molecule has 0 aliphatic carbocycles. The molecule has 0 atom stereocenters. The second-order valence-electron chi connectivity index (χ2n) is 2.96. The molecule has 1 heterocycles.